The summed E-state index contributed by atoms with van der Waals surface area (Å²) in [6, 6.07) is 9.87. The lowest BCUT2D eigenvalue weighted by atomic mass is 9.55. The normalized spacial score (nSPS) is 30.9. The lowest BCUT2D eigenvalue weighted by Gasteiger charge is -2.50. The summed E-state index contributed by atoms with van der Waals surface area (Å²) in [5.41, 5.74) is 3.51. The highest BCUT2D eigenvalue weighted by atomic mass is 16.6. The number of nitro benzene ring substituents is 1. The minimum Gasteiger partial charge on any atom is -0.504 e. The van der Waals surface area contributed by atoms with Gasteiger partial charge in [0.1, 0.15) is 6.61 Å². The molecule has 0 unspecified atom stereocenters. The average Bonchev–Trinajstić information content (AvgIpc) is 3.13. The summed E-state index contributed by atoms with van der Waals surface area (Å²) in [5.74, 6) is 1.57. The number of non-ortho nitro benzene ring substituents is 1. The van der Waals surface area contributed by atoms with Crippen LogP contribution in [0.3, 0.4) is 0 Å². The predicted molar refractivity (Wildman–Crippen MR) is 126 cm³/mol. The fraction of sp³-hybridized carbons (Fsp3) is 0.500. The summed E-state index contributed by atoms with van der Waals surface area (Å²) >= 11 is 0. The van der Waals surface area contributed by atoms with Crippen LogP contribution in [0.1, 0.15) is 61.6 Å². The van der Waals surface area contributed by atoms with E-state index in [0.29, 0.717) is 23.5 Å². The number of hydrogen-bond acceptors (Lipinski definition) is 7. The van der Waals surface area contributed by atoms with Gasteiger partial charge < -0.3 is 19.8 Å². The fourth-order valence-electron chi connectivity index (χ4n) is 6.55. The van der Waals surface area contributed by atoms with Crippen molar-refractivity contribution in [2.24, 2.45) is 22.4 Å². The molecule has 2 N–H and O–H groups in total. The van der Waals surface area contributed by atoms with Crippen molar-refractivity contribution in [1.82, 2.24) is 0 Å². The zero-order valence-corrected chi connectivity index (χ0v) is 19.4. The molecule has 2 fully saturated rings. The second kappa shape index (κ2) is 8.58. The molecule has 0 saturated heterocycles. The summed E-state index contributed by atoms with van der Waals surface area (Å²) in [5, 5.41) is 36.6. The molecular formula is C26H30N2O6. The van der Waals surface area contributed by atoms with Crippen LogP contribution < -0.4 is 4.74 Å². The van der Waals surface area contributed by atoms with Gasteiger partial charge in [-0.15, -0.1) is 0 Å². The Morgan fingerprint density at radius 1 is 1.21 bits per heavy atom. The van der Waals surface area contributed by atoms with Gasteiger partial charge in [-0.25, -0.2) is 0 Å². The van der Waals surface area contributed by atoms with Crippen LogP contribution in [-0.2, 0) is 11.4 Å². The summed E-state index contributed by atoms with van der Waals surface area (Å²) in [6.07, 6.45) is 4.24. The minimum absolute atomic E-state index is 0.0332. The van der Waals surface area contributed by atoms with E-state index in [1.54, 1.807) is 25.3 Å². The van der Waals surface area contributed by atoms with Gasteiger partial charge in [-0.3, -0.25) is 10.1 Å². The number of aliphatic hydroxyl groups excluding tert-OH is 1. The number of phenols is 1. The van der Waals surface area contributed by atoms with E-state index < -0.39 is 4.92 Å². The minimum atomic E-state index is -0.432. The van der Waals surface area contributed by atoms with Gasteiger partial charge in [0.25, 0.3) is 5.69 Å². The van der Waals surface area contributed by atoms with E-state index in [1.807, 2.05) is 6.07 Å². The van der Waals surface area contributed by atoms with E-state index in [4.69, 9.17) is 9.57 Å². The highest BCUT2D eigenvalue weighted by molar-refractivity contribution is 6.03. The second-order valence-corrected chi connectivity index (χ2v) is 10.1. The van der Waals surface area contributed by atoms with Gasteiger partial charge in [-0.2, -0.15) is 0 Å². The van der Waals surface area contributed by atoms with Crippen LogP contribution >= 0.6 is 0 Å². The largest absolute Gasteiger partial charge is 0.504 e. The smallest absolute Gasteiger partial charge is 0.269 e. The maximum absolute atomic E-state index is 10.9. The number of methoxy groups -OCH3 is 1. The van der Waals surface area contributed by atoms with Crippen LogP contribution in [0.5, 0.6) is 11.5 Å². The summed E-state index contributed by atoms with van der Waals surface area (Å²) in [7, 11) is 1.55. The molecule has 5 atom stereocenters. The number of ether oxygens (including phenoxy) is 1. The molecule has 0 heterocycles. The third kappa shape index (κ3) is 3.70. The zero-order chi connectivity index (χ0) is 24.0. The van der Waals surface area contributed by atoms with Gasteiger partial charge in [0.2, 0.25) is 0 Å². The summed E-state index contributed by atoms with van der Waals surface area (Å²) in [6.45, 7) is 2.41. The lowest BCUT2D eigenvalue weighted by Crippen LogP contribution is -2.45. The van der Waals surface area contributed by atoms with Crippen LogP contribution in [0, 0.1) is 27.4 Å². The van der Waals surface area contributed by atoms with Crippen LogP contribution in [0.2, 0.25) is 0 Å². The predicted octanol–water partition coefficient (Wildman–Crippen LogP) is 4.90. The molecule has 0 radical (unpaired) electrons. The molecule has 0 aliphatic heterocycles. The Morgan fingerprint density at radius 2 is 1.97 bits per heavy atom. The van der Waals surface area contributed by atoms with Crippen molar-refractivity contribution in [1.29, 1.82) is 0 Å². The van der Waals surface area contributed by atoms with Crippen molar-refractivity contribution < 1.29 is 24.7 Å². The summed E-state index contributed by atoms with van der Waals surface area (Å²) < 4.78 is 5.41. The number of nitro groups is 1. The van der Waals surface area contributed by atoms with Gasteiger partial charge in [-0.1, -0.05) is 12.1 Å². The van der Waals surface area contributed by atoms with Crippen molar-refractivity contribution in [3.05, 3.63) is 63.2 Å². The average molecular weight is 467 g/mol. The van der Waals surface area contributed by atoms with Crippen LogP contribution in [0.4, 0.5) is 5.69 Å². The quantitative estimate of drug-likeness (QED) is 0.478. The molecule has 3 aliphatic rings. The van der Waals surface area contributed by atoms with Gasteiger partial charge in [0, 0.05) is 17.7 Å². The first-order valence-electron chi connectivity index (χ1n) is 11.8. The Hall–Kier alpha value is -3.13. The number of rotatable bonds is 5. The molecule has 8 nitrogen and oxygen atoms in total. The third-order valence-electron chi connectivity index (χ3n) is 8.43. The molecule has 34 heavy (non-hydrogen) atoms. The molecule has 2 saturated carbocycles. The molecule has 3 aliphatic carbocycles. The summed E-state index contributed by atoms with van der Waals surface area (Å²) in [4.78, 5) is 16.1. The Bertz CT molecular complexity index is 1130. The standard InChI is InChI=1S/C26H30N2O6/c1-26-10-9-17-18-13-24(33-2)23(29)12-20(18)22(11-19(17)21(26)7-8-25(26)30)27-34-14-15-3-5-16(6-4-15)28(31)32/h3-6,12-13,17,19,21,25,29-30H,7-11,14H2,1-2H3/t17-,19-,21+,25-,26+/m1/s1. The Balaban J connectivity index is 1.46. The second-order valence-electron chi connectivity index (χ2n) is 10.1. The maximum Gasteiger partial charge on any atom is 0.269 e. The number of nitrogens with zero attached hydrogens (tertiary/aromatic N) is 2. The molecule has 2 aromatic rings. The number of hydrogen-bond donors (Lipinski definition) is 2. The molecule has 0 spiro atoms. The van der Waals surface area contributed by atoms with Gasteiger partial charge in [-0.05, 0) is 90.7 Å². The molecule has 0 aromatic heterocycles. The van der Waals surface area contributed by atoms with Crippen LogP contribution in [-0.4, -0.2) is 34.1 Å². The highest BCUT2D eigenvalue weighted by Crippen LogP contribution is 2.61. The lowest BCUT2D eigenvalue weighted by molar-refractivity contribution is -0.384. The molecule has 0 bridgehead atoms. The first-order chi connectivity index (χ1) is 16.3. The van der Waals surface area contributed by atoms with Gasteiger partial charge in [0.05, 0.1) is 23.8 Å². The molecule has 2 aromatic carbocycles. The van der Waals surface area contributed by atoms with E-state index >= 15 is 0 Å². The fourth-order valence-corrected chi connectivity index (χ4v) is 6.55. The van der Waals surface area contributed by atoms with Crippen molar-refractivity contribution in [3.63, 3.8) is 0 Å². The number of aromatic hydroxyl groups is 1. The van der Waals surface area contributed by atoms with Crippen LogP contribution in [0.25, 0.3) is 0 Å². The molecule has 0 amide bonds. The number of oxime groups is 1. The van der Waals surface area contributed by atoms with Crippen molar-refractivity contribution >= 4 is 11.4 Å². The van der Waals surface area contributed by atoms with E-state index in [0.717, 1.165) is 54.5 Å². The van der Waals surface area contributed by atoms with E-state index in [2.05, 4.69) is 12.1 Å². The number of aliphatic hydroxyl groups is 1. The van der Waals surface area contributed by atoms with E-state index in [1.165, 1.54) is 12.1 Å². The maximum atomic E-state index is 10.9. The molecular weight excluding hydrogens is 436 g/mol. The Labute approximate surface area is 198 Å². The highest BCUT2D eigenvalue weighted by Gasteiger charge is 2.55. The van der Waals surface area contributed by atoms with Crippen LogP contribution in [0.15, 0.2) is 41.6 Å². The van der Waals surface area contributed by atoms with Crippen molar-refractivity contribution in [3.8, 4) is 11.5 Å². The van der Waals surface area contributed by atoms with Crippen molar-refractivity contribution in [2.45, 2.75) is 57.7 Å². The first kappa shape index (κ1) is 22.7. The number of benzene rings is 2. The number of phenolic OH excluding ortho intramolecular Hbond substituents is 1. The van der Waals surface area contributed by atoms with E-state index in [9.17, 15) is 20.3 Å². The first-order valence-corrected chi connectivity index (χ1v) is 11.8. The molecule has 5 rings (SSSR count). The monoisotopic (exact) mass is 466 g/mol. The van der Waals surface area contributed by atoms with E-state index in [-0.39, 0.29) is 29.6 Å². The van der Waals surface area contributed by atoms with Crippen molar-refractivity contribution in [2.75, 3.05) is 7.11 Å². The third-order valence-corrected chi connectivity index (χ3v) is 8.43. The number of fused-ring (bicyclic) bond motifs is 5. The molecule has 8 heteroatoms. The molecule has 180 valence electrons. The van der Waals surface area contributed by atoms with Gasteiger partial charge >= 0.3 is 0 Å². The zero-order valence-electron chi connectivity index (χ0n) is 19.4. The topological polar surface area (TPSA) is 114 Å². The SMILES string of the molecule is COc1cc2c(cc1O)C(=NOCc1ccc([N+](=O)[O-])cc1)C[C@@H]1[C@@H]2CC[C@]2(C)[C@H](O)CC[C@@H]12. The Kier molecular flexibility index (Phi) is 5.72. The van der Waals surface area contributed by atoms with Gasteiger partial charge in [0.15, 0.2) is 11.5 Å². The Morgan fingerprint density at radius 3 is 2.68 bits per heavy atom.